The molecule has 1 aliphatic heterocycles. The first-order valence-electron chi connectivity index (χ1n) is 5.20. The lowest BCUT2D eigenvalue weighted by molar-refractivity contribution is -0.150. The Balaban J connectivity index is 2.49. The van der Waals surface area contributed by atoms with E-state index >= 15 is 0 Å². The topological polar surface area (TPSA) is 44.1 Å². The highest BCUT2D eigenvalue weighted by molar-refractivity contribution is 5.77. The minimum Gasteiger partial charge on any atom is -0.327 e. The van der Waals surface area contributed by atoms with Gasteiger partial charge >= 0.3 is 6.18 Å². The van der Waals surface area contributed by atoms with E-state index in [4.69, 9.17) is 5.26 Å². The molecule has 0 spiro atoms. The van der Waals surface area contributed by atoms with Crippen molar-refractivity contribution in [1.29, 1.82) is 5.26 Å². The molecule has 0 bridgehead atoms. The first kappa shape index (κ1) is 12.8. The number of amides is 1. The molecule has 1 atom stereocenters. The molecule has 0 radical (unpaired) electrons. The van der Waals surface area contributed by atoms with Crippen LogP contribution in [0, 0.1) is 11.3 Å². The number of rotatable bonds is 2. The first-order valence-corrected chi connectivity index (χ1v) is 5.20. The lowest BCUT2D eigenvalue weighted by atomic mass is 10.0. The van der Waals surface area contributed by atoms with E-state index in [1.165, 1.54) is 4.90 Å². The summed E-state index contributed by atoms with van der Waals surface area (Å²) in [5.74, 6) is -0.566. The van der Waals surface area contributed by atoms with Crippen LogP contribution in [-0.2, 0) is 4.79 Å². The fourth-order valence-electron chi connectivity index (χ4n) is 1.76. The van der Waals surface area contributed by atoms with Gasteiger partial charge in [-0.3, -0.25) is 4.79 Å². The Morgan fingerprint density at radius 3 is 2.69 bits per heavy atom. The van der Waals surface area contributed by atoms with E-state index in [2.05, 4.69) is 0 Å². The molecule has 1 rings (SSSR count). The molecule has 6 heteroatoms. The number of likely N-dealkylation sites (tertiary alicyclic amines) is 1. The Bertz CT molecular complexity index is 295. The second kappa shape index (κ2) is 5.19. The lowest BCUT2D eigenvalue weighted by Crippen LogP contribution is -2.43. The first-order chi connectivity index (χ1) is 7.44. The third-order valence-corrected chi connectivity index (χ3v) is 2.59. The largest absolute Gasteiger partial charge is 0.389 e. The van der Waals surface area contributed by atoms with Gasteiger partial charge in [-0.2, -0.15) is 18.4 Å². The van der Waals surface area contributed by atoms with Gasteiger partial charge in [0.15, 0.2) is 0 Å². The van der Waals surface area contributed by atoms with Crippen LogP contribution in [-0.4, -0.2) is 29.6 Å². The Labute approximate surface area is 91.8 Å². The molecule has 1 fully saturated rings. The molecule has 3 nitrogen and oxygen atoms in total. The van der Waals surface area contributed by atoms with Gasteiger partial charge in [-0.15, -0.1) is 0 Å². The van der Waals surface area contributed by atoms with Gasteiger partial charge in [0.05, 0.1) is 12.5 Å². The predicted molar refractivity (Wildman–Crippen MR) is 50.3 cm³/mol. The summed E-state index contributed by atoms with van der Waals surface area (Å²) in [4.78, 5) is 12.8. The van der Waals surface area contributed by atoms with Gasteiger partial charge in [-0.1, -0.05) is 0 Å². The minimum absolute atomic E-state index is 0.398. The van der Waals surface area contributed by atoms with Crippen LogP contribution in [0.4, 0.5) is 13.2 Å². The molecule has 0 aliphatic carbocycles. The summed E-state index contributed by atoms with van der Waals surface area (Å²) in [7, 11) is 0. The zero-order chi connectivity index (χ0) is 12.2. The van der Waals surface area contributed by atoms with Gasteiger partial charge in [-0.25, -0.2) is 0 Å². The number of nitrogens with zero attached hydrogens (tertiary/aromatic N) is 2. The molecule has 0 N–H and O–H groups in total. The van der Waals surface area contributed by atoms with Crippen LogP contribution in [0.1, 0.15) is 32.1 Å². The number of carbonyl (C=O) groups is 1. The monoisotopic (exact) mass is 234 g/mol. The second-order valence-corrected chi connectivity index (χ2v) is 3.84. The van der Waals surface area contributed by atoms with E-state index in [1.54, 1.807) is 0 Å². The predicted octanol–water partition coefficient (Wildman–Crippen LogP) is 2.23. The van der Waals surface area contributed by atoms with E-state index in [0.29, 0.717) is 13.0 Å². The average molecular weight is 234 g/mol. The lowest BCUT2D eigenvalue weighted by Gasteiger charge is -2.31. The van der Waals surface area contributed by atoms with Crippen molar-refractivity contribution in [2.45, 2.75) is 44.3 Å². The Morgan fingerprint density at radius 2 is 2.12 bits per heavy atom. The molecule has 1 unspecified atom stereocenters. The Morgan fingerprint density at radius 1 is 1.44 bits per heavy atom. The molecule has 0 aromatic heterocycles. The highest BCUT2D eigenvalue weighted by Gasteiger charge is 2.31. The van der Waals surface area contributed by atoms with Crippen molar-refractivity contribution >= 4 is 5.91 Å². The molecule has 0 aromatic rings. The highest BCUT2D eigenvalue weighted by atomic mass is 19.4. The number of nitriles is 1. The number of piperidine rings is 1. The molecule has 1 amide bonds. The van der Waals surface area contributed by atoms with E-state index in [0.717, 1.165) is 12.8 Å². The fourth-order valence-corrected chi connectivity index (χ4v) is 1.76. The summed E-state index contributed by atoms with van der Waals surface area (Å²) in [6.45, 7) is 0.398. The summed E-state index contributed by atoms with van der Waals surface area (Å²) in [6.07, 6.45) is -3.80. The highest BCUT2D eigenvalue weighted by Crippen LogP contribution is 2.24. The van der Waals surface area contributed by atoms with Gasteiger partial charge in [0.1, 0.15) is 6.04 Å². The minimum atomic E-state index is -4.31. The van der Waals surface area contributed by atoms with Crippen LogP contribution >= 0.6 is 0 Å². The second-order valence-electron chi connectivity index (χ2n) is 3.84. The van der Waals surface area contributed by atoms with Crippen molar-refractivity contribution in [2.75, 3.05) is 6.54 Å². The molecule has 90 valence electrons. The maximum atomic E-state index is 11.9. The van der Waals surface area contributed by atoms with Gasteiger partial charge in [-0.05, 0) is 19.3 Å². The fraction of sp³-hybridized carbons (Fsp3) is 0.800. The Hall–Kier alpha value is -1.25. The molecular weight excluding hydrogens is 221 g/mol. The number of hydrogen-bond acceptors (Lipinski definition) is 2. The van der Waals surface area contributed by atoms with Crippen molar-refractivity contribution in [2.24, 2.45) is 0 Å². The van der Waals surface area contributed by atoms with Crippen LogP contribution in [0.2, 0.25) is 0 Å². The van der Waals surface area contributed by atoms with Crippen LogP contribution in [0.5, 0.6) is 0 Å². The van der Waals surface area contributed by atoms with Crippen LogP contribution in [0.15, 0.2) is 0 Å². The molecule has 0 aromatic carbocycles. The zero-order valence-electron chi connectivity index (χ0n) is 8.76. The van der Waals surface area contributed by atoms with E-state index < -0.39 is 31.0 Å². The van der Waals surface area contributed by atoms with Gasteiger partial charge in [0.2, 0.25) is 5.91 Å². The van der Waals surface area contributed by atoms with Gasteiger partial charge < -0.3 is 4.90 Å². The van der Waals surface area contributed by atoms with Crippen molar-refractivity contribution < 1.29 is 18.0 Å². The summed E-state index contributed by atoms with van der Waals surface area (Å²) >= 11 is 0. The maximum absolute atomic E-state index is 11.9. The van der Waals surface area contributed by atoms with Crippen molar-refractivity contribution in [3.63, 3.8) is 0 Å². The SMILES string of the molecule is N#CC1CCCCN1C(=O)CCC(F)(F)F. The standard InChI is InChI=1S/C10H13F3N2O/c11-10(12,13)5-4-9(16)15-6-2-1-3-8(15)7-14/h8H,1-6H2. The summed E-state index contributed by atoms with van der Waals surface area (Å²) in [5, 5.41) is 8.77. The van der Waals surface area contributed by atoms with Crippen molar-refractivity contribution in [3.8, 4) is 6.07 Å². The number of halogens is 3. The molecule has 1 saturated heterocycles. The number of carbonyl (C=O) groups excluding carboxylic acids is 1. The molecule has 0 saturated carbocycles. The van der Waals surface area contributed by atoms with Crippen molar-refractivity contribution in [3.05, 3.63) is 0 Å². The van der Waals surface area contributed by atoms with Crippen LogP contribution in [0.3, 0.4) is 0 Å². The molecular formula is C10H13F3N2O. The van der Waals surface area contributed by atoms with E-state index in [9.17, 15) is 18.0 Å². The van der Waals surface area contributed by atoms with Crippen LogP contribution in [0.25, 0.3) is 0 Å². The summed E-state index contributed by atoms with van der Waals surface area (Å²) in [5.41, 5.74) is 0. The van der Waals surface area contributed by atoms with E-state index in [-0.39, 0.29) is 0 Å². The number of hydrogen-bond donors (Lipinski definition) is 0. The third-order valence-electron chi connectivity index (χ3n) is 2.59. The quantitative estimate of drug-likeness (QED) is 0.735. The summed E-state index contributed by atoms with van der Waals surface area (Å²) < 4.78 is 35.8. The Kier molecular flexibility index (Phi) is 4.16. The molecule has 1 aliphatic rings. The van der Waals surface area contributed by atoms with E-state index in [1.807, 2.05) is 6.07 Å². The summed E-state index contributed by atoms with van der Waals surface area (Å²) in [6, 6.07) is 1.41. The number of alkyl halides is 3. The smallest absolute Gasteiger partial charge is 0.327 e. The van der Waals surface area contributed by atoms with Gasteiger partial charge in [0, 0.05) is 13.0 Å². The maximum Gasteiger partial charge on any atom is 0.389 e. The van der Waals surface area contributed by atoms with Crippen molar-refractivity contribution in [1.82, 2.24) is 4.90 Å². The zero-order valence-corrected chi connectivity index (χ0v) is 8.76. The van der Waals surface area contributed by atoms with Gasteiger partial charge in [0.25, 0.3) is 0 Å². The molecule has 1 heterocycles. The third kappa shape index (κ3) is 3.72. The van der Waals surface area contributed by atoms with Crippen LogP contribution < -0.4 is 0 Å². The normalized spacial score (nSPS) is 21.6. The average Bonchev–Trinajstić information content (AvgIpc) is 2.25. The molecule has 16 heavy (non-hydrogen) atoms.